The van der Waals surface area contributed by atoms with E-state index in [9.17, 15) is 0 Å². The first-order valence-electron chi connectivity index (χ1n) is 6.34. The monoisotopic (exact) mass is 265 g/mol. The molecule has 0 atom stereocenters. The third-order valence-corrected chi connectivity index (χ3v) is 3.17. The summed E-state index contributed by atoms with van der Waals surface area (Å²) in [6.45, 7) is 5.37. The van der Waals surface area contributed by atoms with Crippen molar-refractivity contribution in [3.8, 4) is 0 Å². The van der Waals surface area contributed by atoms with Gasteiger partial charge in [0.15, 0.2) is 0 Å². The van der Waals surface area contributed by atoms with Crippen LogP contribution in [0.4, 0.5) is 5.69 Å². The SMILES string of the molecule is CCN(CCCN(C)C)c1ccc(C(N)=S)cc1. The van der Waals surface area contributed by atoms with Gasteiger partial charge in [-0.15, -0.1) is 0 Å². The van der Waals surface area contributed by atoms with Crippen molar-refractivity contribution < 1.29 is 0 Å². The van der Waals surface area contributed by atoms with Gasteiger partial charge in [-0.1, -0.05) is 12.2 Å². The summed E-state index contributed by atoms with van der Waals surface area (Å²) in [5, 5.41) is 0. The zero-order chi connectivity index (χ0) is 13.5. The minimum Gasteiger partial charge on any atom is -0.389 e. The fraction of sp³-hybridized carbons (Fsp3) is 0.500. The lowest BCUT2D eigenvalue weighted by Crippen LogP contribution is -2.27. The van der Waals surface area contributed by atoms with Gasteiger partial charge < -0.3 is 15.5 Å². The van der Waals surface area contributed by atoms with Crippen molar-refractivity contribution in [2.45, 2.75) is 13.3 Å². The molecule has 0 amide bonds. The van der Waals surface area contributed by atoms with Gasteiger partial charge in [-0.25, -0.2) is 0 Å². The Morgan fingerprint density at radius 1 is 1.17 bits per heavy atom. The number of benzene rings is 1. The maximum atomic E-state index is 5.60. The molecule has 1 aromatic carbocycles. The van der Waals surface area contributed by atoms with Crippen molar-refractivity contribution in [1.82, 2.24) is 4.90 Å². The molecule has 1 aromatic rings. The quantitative estimate of drug-likeness (QED) is 0.765. The summed E-state index contributed by atoms with van der Waals surface area (Å²) in [5.41, 5.74) is 7.76. The Kier molecular flexibility index (Phi) is 6.09. The summed E-state index contributed by atoms with van der Waals surface area (Å²) in [6, 6.07) is 8.17. The lowest BCUT2D eigenvalue weighted by Gasteiger charge is -2.24. The second kappa shape index (κ2) is 7.34. The Hall–Kier alpha value is -1.13. The molecule has 3 nitrogen and oxygen atoms in total. The summed E-state index contributed by atoms with van der Waals surface area (Å²) in [7, 11) is 4.21. The summed E-state index contributed by atoms with van der Waals surface area (Å²) in [6.07, 6.45) is 1.16. The highest BCUT2D eigenvalue weighted by Crippen LogP contribution is 2.15. The van der Waals surface area contributed by atoms with Gasteiger partial charge in [0.1, 0.15) is 4.99 Å². The van der Waals surface area contributed by atoms with Gasteiger partial charge in [0, 0.05) is 24.3 Å². The molecule has 0 aromatic heterocycles. The molecule has 0 aliphatic heterocycles. The Bertz CT molecular complexity index is 373. The first-order chi connectivity index (χ1) is 8.54. The van der Waals surface area contributed by atoms with Crippen LogP contribution in [0.2, 0.25) is 0 Å². The average Bonchev–Trinajstić information content (AvgIpc) is 2.34. The topological polar surface area (TPSA) is 32.5 Å². The third-order valence-electron chi connectivity index (χ3n) is 2.93. The third kappa shape index (κ3) is 4.63. The number of nitrogens with zero attached hydrogens (tertiary/aromatic N) is 2. The highest BCUT2D eigenvalue weighted by atomic mass is 32.1. The molecule has 0 unspecified atom stereocenters. The highest BCUT2D eigenvalue weighted by Gasteiger charge is 2.05. The van der Waals surface area contributed by atoms with Crippen LogP contribution in [0.15, 0.2) is 24.3 Å². The number of hydrogen-bond donors (Lipinski definition) is 1. The predicted molar refractivity (Wildman–Crippen MR) is 83.4 cm³/mol. The molecular formula is C14H23N3S. The molecule has 0 aliphatic carbocycles. The molecule has 18 heavy (non-hydrogen) atoms. The molecule has 100 valence electrons. The molecule has 0 saturated carbocycles. The van der Waals surface area contributed by atoms with Crippen LogP contribution in [0.3, 0.4) is 0 Å². The second-order valence-electron chi connectivity index (χ2n) is 4.65. The normalized spacial score (nSPS) is 10.7. The van der Waals surface area contributed by atoms with Crippen molar-refractivity contribution in [3.05, 3.63) is 29.8 Å². The Morgan fingerprint density at radius 3 is 2.22 bits per heavy atom. The molecule has 2 N–H and O–H groups in total. The maximum Gasteiger partial charge on any atom is 0.103 e. The van der Waals surface area contributed by atoms with E-state index in [1.54, 1.807) is 0 Å². The number of hydrogen-bond acceptors (Lipinski definition) is 3. The van der Waals surface area contributed by atoms with Gasteiger partial charge in [-0.05, 0) is 58.3 Å². The molecule has 0 bridgehead atoms. The van der Waals surface area contributed by atoms with Crippen molar-refractivity contribution in [1.29, 1.82) is 0 Å². The standard InChI is InChI=1S/C14H23N3S/c1-4-17(11-5-10-16(2)3)13-8-6-12(7-9-13)14(15)18/h6-9H,4-5,10-11H2,1-3H3,(H2,15,18). The van der Waals surface area contributed by atoms with E-state index in [0.29, 0.717) is 4.99 Å². The van der Waals surface area contributed by atoms with Crippen LogP contribution in [0.25, 0.3) is 0 Å². The molecule has 0 radical (unpaired) electrons. The molecule has 0 spiro atoms. The van der Waals surface area contributed by atoms with Crippen molar-refractivity contribution in [2.24, 2.45) is 5.73 Å². The molecule has 0 saturated heterocycles. The fourth-order valence-corrected chi connectivity index (χ4v) is 2.02. The van der Waals surface area contributed by atoms with Crippen molar-refractivity contribution >= 4 is 22.9 Å². The van der Waals surface area contributed by atoms with Crippen LogP contribution in [-0.4, -0.2) is 43.6 Å². The van der Waals surface area contributed by atoms with Gasteiger partial charge in [-0.2, -0.15) is 0 Å². The summed E-state index contributed by atoms with van der Waals surface area (Å²) in [4.78, 5) is 5.04. The molecule has 0 fully saturated rings. The summed E-state index contributed by atoms with van der Waals surface area (Å²) >= 11 is 4.96. The van der Waals surface area contributed by atoms with Crippen LogP contribution in [-0.2, 0) is 0 Å². The van der Waals surface area contributed by atoms with Crippen LogP contribution in [0, 0.1) is 0 Å². The van der Waals surface area contributed by atoms with E-state index in [4.69, 9.17) is 18.0 Å². The fourth-order valence-electron chi connectivity index (χ4n) is 1.88. The Labute approximate surface area is 116 Å². The lowest BCUT2D eigenvalue weighted by atomic mass is 10.2. The smallest absolute Gasteiger partial charge is 0.103 e. The predicted octanol–water partition coefficient (Wildman–Crippen LogP) is 2.10. The lowest BCUT2D eigenvalue weighted by molar-refractivity contribution is 0.400. The molecule has 1 rings (SSSR count). The van der Waals surface area contributed by atoms with E-state index < -0.39 is 0 Å². The van der Waals surface area contributed by atoms with Crippen LogP contribution >= 0.6 is 12.2 Å². The molecule has 0 aliphatic rings. The van der Waals surface area contributed by atoms with Gasteiger partial charge in [-0.3, -0.25) is 0 Å². The van der Waals surface area contributed by atoms with E-state index in [1.807, 2.05) is 12.1 Å². The number of rotatable bonds is 7. The van der Waals surface area contributed by atoms with E-state index in [1.165, 1.54) is 5.69 Å². The van der Waals surface area contributed by atoms with Crippen molar-refractivity contribution in [2.75, 3.05) is 38.6 Å². The minimum atomic E-state index is 0.456. The molecular weight excluding hydrogens is 242 g/mol. The molecule has 4 heteroatoms. The Balaban J connectivity index is 2.61. The zero-order valence-corrected chi connectivity index (χ0v) is 12.3. The van der Waals surface area contributed by atoms with E-state index >= 15 is 0 Å². The number of anilines is 1. The van der Waals surface area contributed by atoms with E-state index in [2.05, 4.69) is 43.0 Å². The number of thiocarbonyl (C=S) groups is 1. The number of nitrogens with two attached hydrogens (primary N) is 1. The Morgan fingerprint density at radius 2 is 1.78 bits per heavy atom. The average molecular weight is 265 g/mol. The van der Waals surface area contributed by atoms with Crippen molar-refractivity contribution in [3.63, 3.8) is 0 Å². The highest BCUT2D eigenvalue weighted by molar-refractivity contribution is 7.80. The first kappa shape index (κ1) is 14.9. The van der Waals surface area contributed by atoms with Gasteiger partial charge in [0.25, 0.3) is 0 Å². The van der Waals surface area contributed by atoms with Crippen LogP contribution in [0.1, 0.15) is 18.9 Å². The van der Waals surface area contributed by atoms with Gasteiger partial charge in [0.05, 0.1) is 0 Å². The minimum absolute atomic E-state index is 0.456. The van der Waals surface area contributed by atoms with Crippen LogP contribution < -0.4 is 10.6 Å². The largest absolute Gasteiger partial charge is 0.389 e. The van der Waals surface area contributed by atoms with Crippen LogP contribution in [0.5, 0.6) is 0 Å². The maximum absolute atomic E-state index is 5.60. The molecule has 0 heterocycles. The first-order valence-corrected chi connectivity index (χ1v) is 6.75. The van der Waals surface area contributed by atoms with Gasteiger partial charge in [0.2, 0.25) is 0 Å². The summed E-state index contributed by atoms with van der Waals surface area (Å²) < 4.78 is 0. The van der Waals surface area contributed by atoms with E-state index in [-0.39, 0.29) is 0 Å². The van der Waals surface area contributed by atoms with Gasteiger partial charge >= 0.3 is 0 Å². The second-order valence-corrected chi connectivity index (χ2v) is 5.09. The zero-order valence-electron chi connectivity index (χ0n) is 11.5. The van der Waals surface area contributed by atoms with E-state index in [0.717, 1.165) is 31.6 Å². The summed E-state index contributed by atoms with van der Waals surface area (Å²) in [5.74, 6) is 0.